The molecular formula is C13H20N4O2. The van der Waals surface area contributed by atoms with Crippen LogP contribution in [0.2, 0.25) is 0 Å². The van der Waals surface area contributed by atoms with Crippen LogP contribution in [0.1, 0.15) is 18.4 Å². The third kappa shape index (κ3) is 3.21. The molecule has 2 heterocycles. The molecule has 0 unspecified atom stereocenters. The highest BCUT2D eigenvalue weighted by molar-refractivity contribution is 6.00. The lowest BCUT2D eigenvalue weighted by atomic mass is 9.93. The molecule has 2 rings (SSSR count). The summed E-state index contributed by atoms with van der Waals surface area (Å²) in [6.45, 7) is 1.64. The van der Waals surface area contributed by atoms with Crippen molar-refractivity contribution < 1.29 is 9.84 Å². The first kappa shape index (κ1) is 13.8. The van der Waals surface area contributed by atoms with Crippen LogP contribution in [-0.4, -0.2) is 48.3 Å². The molecule has 1 saturated heterocycles. The van der Waals surface area contributed by atoms with Gasteiger partial charge < -0.3 is 20.5 Å². The molecule has 1 aliphatic heterocycles. The van der Waals surface area contributed by atoms with Crippen LogP contribution in [0, 0.1) is 5.41 Å². The number of aromatic nitrogens is 1. The highest BCUT2D eigenvalue weighted by atomic mass is 16.5. The second kappa shape index (κ2) is 5.54. The Labute approximate surface area is 112 Å². The van der Waals surface area contributed by atoms with Crippen LogP contribution in [-0.2, 0) is 4.74 Å². The van der Waals surface area contributed by atoms with Crippen molar-refractivity contribution in [2.75, 3.05) is 31.7 Å². The quantitative estimate of drug-likeness (QED) is 0.538. The van der Waals surface area contributed by atoms with Crippen LogP contribution in [0.5, 0.6) is 0 Å². The van der Waals surface area contributed by atoms with Crippen molar-refractivity contribution in [1.82, 2.24) is 4.98 Å². The van der Waals surface area contributed by atoms with Crippen LogP contribution >= 0.6 is 0 Å². The molecule has 0 radical (unpaired) electrons. The third-order valence-electron chi connectivity index (χ3n) is 3.46. The second-order valence-corrected chi connectivity index (χ2v) is 5.00. The van der Waals surface area contributed by atoms with Crippen molar-refractivity contribution in [2.24, 2.45) is 5.73 Å². The molecule has 6 heteroatoms. The Morgan fingerprint density at radius 1 is 1.58 bits per heavy atom. The Morgan fingerprint density at radius 2 is 2.26 bits per heavy atom. The zero-order chi connectivity index (χ0) is 13.9. The van der Waals surface area contributed by atoms with Gasteiger partial charge >= 0.3 is 0 Å². The number of pyridine rings is 1. The monoisotopic (exact) mass is 264 g/mol. The van der Waals surface area contributed by atoms with E-state index in [0.717, 1.165) is 5.69 Å². The number of hydrogen-bond acceptors (Lipinski definition) is 5. The number of hydrogen-bond donors (Lipinski definition) is 3. The Bertz CT molecular complexity index is 458. The minimum absolute atomic E-state index is 0.00298. The lowest BCUT2D eigenvalue weighted by molar-refractivity contribution is -0.0572. The summed E-state index contributed by atoms with van der Waals surface area (Å²) in [5.41, 5.74) is 6.20. The van der Waals surface area contributed by atoms with E-state index in [1.807, 2.05) is 11.9 Å². The molecule has 0 atom stereocenters. The van der Waals surface area contributed by atoms with Crippen LogP contribution < -0.4 is 10.6 Å². The van der Waals surface area contributed by atoms with Crippen LogP contribution in [0.4, 0.5) is 5.69 Å². The van der Waals surface area contributed by atoms with Crippen LogP contribution in [0.3, 0.4) is 0 Å². The average molecular weight is 264 g/mol. The Kier molecular flexibility index (Phi) is 4.01. The zero-order valence-corrected chi connectivity index (χ0v) is 11.1. The van der Waals surface area contributed by atoms with Crippen molar-refractivity contribution in [1.29, 1.82) is 5.41 Å². The molecule has 0 aliphatic carbocycles. The molecule has 0 saturated carbocycles. The molecule has 19 heavy (non-hydrogen) atoms. The number of ether oxygens (including phenoxy) is 1. The molecule has 0 aromatic carbocycles. The van der Waals surface area contributed by atoms with Gasteiger partial charge in [0.1, 0.15) is 5.84 Å². The maximum atomic E-state index is 10.5. The van der Waals surface area contributed by atoms with Gasteiger partial charge in [-0.25, -0.2) is 0 Å². The number of amidine groups is 1. The van der Waals surface area contributed by atoms with Gasteiger partial charge in [-0.15, -0.1) is 0 Å². The van der Waals surface area contributed by atoms with E-state index in [0.29, 0.717) is 38.2 Å². The van der Waals surface area contributed by atoms with Crippen molar-refractivity contribution in [3.05, 3.63) is 24.0 Å². The summed E-state index contributed by atoms with van der Waals surface area (Å²) in [6, 6.07) is 1.71. The molecule has 0 amide bonds. The average Bonchev–Trinajstić information content (AvgIpc) is 2.39. The predicted molar refractivity (Wildman–Crippen MR) is 73.5 cm³/mol. The lowest BCUT2D eigenvalue weighted by Crippen LogP contribution is -2.46. The van der Waals surface area contributed by atoms with Gasteiger partial charge in [0, 0.05) is 51.4 Å². The molecule has 1 fully saturated rings. The summed E-state index contributed by atoms with van der Waals surface area (Å²) in [5.74, 6) is 0.00298. The van der Waals surface area contributed by atoms with Gasteiger partial charge in [0.2, 0.25) is 0 Å². The fourth-order valence-electron chi connectivity index (χ4n) is 2.35. The summed E-state index contributed by atoms with van der Waals surface area (Å²) in [7, 11) is 1.87. The first-order chi connectivity index (χ1) is 9.02. The lowest BCUT2D eigenvalue weighted by Gasteiger charge is -2.36. The van der Waals surface area contributed by atoms with Crippen LogP contribution in [0.25, 0.3) is 0 Å². The number of nitrogens with zero attached hydrogens (tertiary/aromatic N) is 2. The maximum Gasteiger partial charge on any atom is 0.125 e. The minimum atomic E-state index is -0.753. The number of aliphatic hydroxyl groups is 1. The number of rotatable bonds is 4. The van der Waals surface area contributed by atoms with Gasteiger partial charge in [0.25, 0.3) is 0 Å². The smallest absolute Gasteiger partial charge is 0.125 e. The highest BCUT2D eigenvalue weighted by Crippen LogP contribution is 2.25. The standard InChI is InChI=1S/C13H20N4O2/c1-17(9-13(18)3-6-19-7-4-13)11-8-16-5-2-10(11)12(14)15/h2,5,8,18H,3-4,6-7,9H2,1H3,(H3,14,15). The first-order valence-corrected chi connectivity index (χ1v) is 6.31. The third-order valence-corrected chi connectivity index (χ3v) is 3.46. The fraction of sp³-hybridized carbons (Fsp3) is 0.538. The zero-order valence-electron chi connectivity index (χ0n) is 11.1. The summed E-state index contributed by atoms with van der Waals surface area (Å²) in [4.78, 5) is 5.96. The molecule has 0 spiro atoms. The fourth-order valence-corrected chi connectivity index (χ4v) is 2.35. The first-order valence-electron chi connectivity index (χ1n) is 6.31. The van der Waals surface area contributed by atoms with Crippen molar-refractivity contribution in [2.45, 2.75) is 18.4 Å². The van der Waals surface area contributed by atoms with E-state index in [9.17, 15) is 5.11 Å². The summed E-state index contributed by atoms with van der Waals surface area (Å²) in [5, 5.41) is 18.1. The molecule has 1 aromatic heterocycles. The van der Waals surface area contributed by atoms with E-state index in [4.69, 9.17) is 15.9 Å². The van der Waals surface area contributed by atoms with E-state index in [1.165, 1.54) is 0 Å². The summed E-state index contributed by atoms with van der Waals surface area (Å²) >= 11 is 0. The number of anilines is 1. The van der Waals surface area contributed by atoms with Crippen molar-refractivity contribution in [3.8, 4) is 0 Å². The van der Waals surface area contributed by atoms with Crippen molar-refractivity contribution in [3.63, 3.8) is 0 Å². The van der Waals surface area contributed by atoms with Crippen molar-refractivity contribution >= 4 is 11.5 Å². The molecule has 6 nitrogen and oxygen atoms in total. The summed E-state index contributed by atoms with van der Waals surface area (Å²) in [6.07, 6.45) is 4.51. The molecule has 1 aromatic rings. The number of likely N-dealkylation sites (N-methyl/N-ethyl adjacent to an activating group) is 1. The SMILES string of the molecule is CN(CC1(O)CCOCC1)c1cnccc1C(=N)N. The van der Waals surface area contributed by atoms with Gasteiger partial charge in [-0.05, 0) is 6.07 Å². The van der Waals surface area contributed by atoms with E-state index in [1.54, 1.807) is 18.5 Å². The van der Waals surface area contributed by atoms with Gasteiger partial charge in [-0.1, -0.05) is 0 Å². The largest absolute Gasteiger partial charge is 0.388 e. The predicted octanol–water partition coefficient (Wildman–Crippen LogP) is 0.343. The molecule has 0 bridgehead atoms. The second-order valence-electron chi connectivity index (χ2n) is 5.00. The van der Waals surface area contributed by atoms with E-state index < -0.39 is 5.60 Å². The Balaban J connectivity index is 2.15. The molecule has 4 N–H and O–H groups in total. The summed E-state index contributed by atoms with van der Waals surface area (Å²) < 4.78 is 5.27. The van der Waals surface area contributed by atoms with Gasteiger partial charge in [-0.2, -0.15) is 0 Å². The highest BCUT2D eigenvalue weighted by Gasteiger charge is 2.31. The van der Waals surface area contributed by atoms with E-state index in [-0.39, 0.29) is 5.84 Å². The van der Waals surface area contributed by atoms with E-state index in [2.05, 4.69) is 4.98 Å². The number of nitrogens with two attached hydrogens (primary N) is 1. The normalized spacial score (nSPS) is 18.0. The van der Waals surface area contributed by atoms with Gasteiger partial charge in [-0.3, -0.25) is 10.4 Å². The molecule has 1 aliphatic rings. The maximum absolute atomic E-state index is 10.5. The molecular weight excluding hydrogens is 244 g/mol. The van der Waals surface area contributed by atoms with Gasteiger partial charge in [0.05, 0.1) is 17.5 Å². The molecule has 104 valence electrons. The van der Waals surface area contributed by atoms with Gasteiger partial charge in [0.15, 0.2) is 0 Å². The minimum Gasteiger partial charge on any atom is -0.388 e. The number of nitrogen functional groups attached to an aromatic ring is 1. The van der Waals surface area contributed by atoms with Crippen LogP contribution in [0.15, 0.2) is 18.5 Å². The Hall–Kier alpha value is -1.66. The topological polar surface area (TPSA) is 95.5 Å². The number of nitrogens with one attached hydrogen (secondary N) is 1. The van der Waals surface area contributed by atoms with E-state index >= 15 is 0 Å². The Morgan fingerprint density at radius 3 is 2.89 bits per heavy atom.